The lowest BCUT2D eigenvalue weighted by Gasteiger charge is -2.43. The van der Waals surface area contributed by atoms with Crippen molar-refractivity contribution in [2.45, 2.75) is 32.2 Å². The maximum absolute atomic E-state index is 12.4. The first-order chi connectivity index (χ1) is 16.5. The summed E-state index contributed by atoms with van der Waals surface area (Å²) in [6, 6.07) is 26.7. The van der Waals surface area contributed by atoms with Crippen LogP contribution in [0.25, 0.3) is 0 Å². The Morgan fingerprint density at radius 3 is 2.18 bits per heavy atom. The number of hydrogen-bond acceptors (Lipinski definition) is 6. The number of carbonyl (C=O) groups is 1. The van der Waals surface area contributed by atoms with E-state index in [0.29, 0.717) is 5.04 Å². The smallest absolute Gasteiger partial charge is 0.227 e. The van der Waals surface area contributed by atoms with E-state index < -0.39 is 4.99 Å². The molecule has 0 saturated carbocycles. The fraction of sp³-hybridized carbons (Fsp3) is 0.179. The van der Waals surface area contributed by atoms with Gasteiger partial charge in [0.25, 0.3) is 0 Å². The Morgan fingerprint density at radius 2 is 1.53 bits per heavy atom. The van der Waals surface area contributed by atoms with Crippen LogP contribution in [0.5, 0.6) is 0 Å². The van der Waals surface area contributed by atoms with Gasteiger partial charge in [0.15, 0.2) is 10.8 Å². The second-order valence-corrected chi connectivity index (χ2v) is 9.58. The number of rotatable bonds is 5. The van der Waals surface area contributed by atoms with Gasteiger partial charge in [-0.25, -0.2) is 10.0 Å². The van der Waals surface area contributed by atoms with Crippen LogP contribution in [0.3, 0.4) is 0 Å². The zero-order valence-electron chi connectivity index (χ0n) is 19.5. The number of anilines is 2. The predicted molar refractivity (Wildman–Crippen MR) is 143 cm³/mol. The van der Waals surface area contributed by atoms with Gasteiger partial charge in [0.2, 0.25) is 4.99 Å². The molecule has 2 aliphatic rings. The molecule has 1 spiro atoms. The van der Waals surface area contributed by atoms with E-state index in [1.165, 1.54) is 17.3 Å². The summed E-state index contributed by atoms with van der Waals surface area (Å²) in [6.45, 7) is 5.76. The second-order valence-electron chi connectivity index (χ2n) is 8.39. The number of carbonyl (C=O) groups excluding carboxylic acids is 1. The van der Waals surface area contributed by atoms with Crippen LogP contribution in [-0.2, 0) is 11.2 Å². The summed E-state index contributed by atoms with van der Waals surface area (Å²) in [5.74, 6) is -0.0645. The van der Waals surface area contributed by atoms with Gasteiger partial charge in [-0.05, 0) is 67.1 Å². The van der Waals surface area contributed by atoms with Gasteiger partial charge in [0.1, 0.15) is 0 Å². The fourth-order valence-electron chi connectivity index (χ4n) is 4.02. The summed E-state index contributed by atoms with van der Waals surface area (Å²) >= 11 is 1.41. The molecule has 0 bridgehead atoms. The molecule has 3 aromatic carbocycles. The molecule has 2 heterocycles. The van der Waals surface area contributed by atoms with E-state index in [9.17, 15) is 4.79 Å². The summed E-state index contributed by atoms with van der Waals surface area (Å²) in [7, 11) is 0. The highest BCUT2D eigenvalue weighted by Crippen LogP contribution is 2.47. The van der Waals surface area contributed by atoms with E-state index in [-0.39, 0.29) is 5.78 Å². The Labute approximate surface area is 204 Å². The predicted octanol–water partition coefficient (Wildman–Crippen LogP) is 6.15. The lowest BCUT2D eigenvalue weighted by Crippen LogP contribution is -2.53. The highest BCUT2D eigenvalue weighted by atomic mass is 32.2. The maximum Gasteiger partial charge on any atom is 0.227 e. The van der Waals surface area contributed by atoms with Crippen molar-refractivity contribution in [1.29, 1.82) is 0 Å². The first-order valence-corrected chi connectivity index (χ1v) is 12.2. The molecule has 1 atom stereocenters. The molecular formula is C28H26N4OS. The monoisotopic (exact) mass is 466 g/mol. The number of thioether (sulfide) groups is 1. The third-order valence-electron chi connectivity index (χ3n) is 5.95. The molecule has 5 nitrogen and oxygen atoms in total. The molecule has 34 heavy (non-hydrogen) atoms. The van der Waals surface area contributed by atoms with Crippen LogP contribution in [0.15, 0.2) is 101 Å². The third kappa shape index (κ3) is 3.94. The van der Waals surface area contributed by atoms with Crippen molar-refractivity contribution in [3.63, 3.8) is 0 Å². The number of aryl methyl sites for hydroxylation is 2. The number of allylic oxidation sites excluding steroid dienone is 1. The third-order valence-corrected chi connectivity index (χ3v) is 7.29. The largest absolute Gasteiger partial charge is 0.292 e. The van der Waals surface area contributed by atoms with Crippen molar-refractivity contribution in [2.24, 2.45) is 10.2 Å². The molecule has 0 aromatic heterocycles. The van der Waals surface area contributed by atoms with Gasteiger partial charge >= 0.3 is 0 Å². The standard InChI is InChI=1S/C28H26N4OS/c1-4-22-12-14-23(15-13-22)26-18-19-28(31(29-26)24-8-6-5-7-9-24)32(30-27(34-28)21(3)33)25-16-10-20(2)11-17-25/h5-19H,4H2,1-3H3/t28-/m0/s1. The number of Topliss-reactive ketones (excluding diaryl/α,β-unsaturated/α-hetero) is 1. The molecule has 0 N–H and O–H groups in total. The summed E-state index contributed by atoms with van der Waals surface area (Å²) in [5, 5.41) is 14.2. The van der Waals surface area contributed by atoms with Crippen molar-refractivity contribution >= 4 is 39.7 Å². The molecule has 2 aliphatic heterocycles. The minimum Gasteiger partial charge on any atom is -0.292 e. The fourth-order valence-corrected chi connectivity index (χ4v) is 5.18. The average Bonchev–Trinajstić information content (AvgIpc) is 3.25. The van der Waals surface area contributed by atoms with Gasteiger partial charge in [-0.3, -0.25) is 4.79 Å². The zero-order valence-corrected chi connectivity index (χ0v) is 20.3. The summed E-state index contributed by atoms with van der Waals surface area (Å²) in [5.41, 5.74) is 6.16. The minimum absolute atomic E-state index is 0.0645. The van der Waals surface area contributed by atoms with Crippen molar-refractivity contribution in [3.8, 4) is 0 Å². The summed E-state index contributed by atoms with van der Waals surface area (Å²) in [6.07, 6.45) is 5.13. The lowest BCUT2D eigenvalue weighted by atomic mass is 10.0. The SMILES string of the molecule is CCc1ccc(C2=NN(c3ccccc3)[C@]3(C=C2)SC(C(C)=O)=NN3c2ccc(C)cc2)cc1. The molecule has 0 fully saturated rings. The minimum atomic E-state index is -0.843. The Hall–Kier alpha value is -3.64. The van der Waals surface area contributed by atoms with Gasteiger partial charge in [0, 0.05) is 12.5 Å². The van der Waals surface area contributed by atoms with Crippen LogP contribution in [0.1, 0.15) is 30.5 Å². The average molecular weight is 467 g/mol. The molecule has 0 radical (unpaired) electrons. The topological polar surface area (TPSA) is 48.3 Å². The van der Waals surface area contributed by atoms with Crippen LogP contribution in [0, 0.1) is 6.92 Å². The molecule has 170 valence electrons. The van der Waals surface area contributed by atoms with Crippen LogP contribution < -0.4 is 10.0 Å². The Balaban J connectivity index is 1.65. The number of ketones is 1. The molecule has 0 aliphatic carbocycles. The quantitative estimate of drug-likeness (QED) is 0.453. The first-order valence-electron chi connectivity index (χ1n) is 11.4. The number of hydrogen-bond donors (Lipinski definition) is 0. The van der Waals surface area contributed by atoms with E-state index in [1.807, 2.05) is 58.6 Å². The van der Waals surface area contributed by atoms with Crippen molar-refractivity contribution < 1.29 is 4.79 Å². The molecule has 6 heteroatoms. The van der Waals surface area contributed by atoms with E-state index in [0.717, 1.165) is 34.6 Å². The summed E-state index contributed by atoms with van der Waals surface area (Å²) < 4.78 is 0. The second kappa shape index (κ2) is 8.95. The van der Waals surface area contributed by atoms with Gasteiger partial charge in [0.05, 0.1) is 17.1 Å². The Morgan fingerprint density at radius 1 is 0.882 bits per heavy atom. The van der Waals surface area contributed by atoms with Gasteiger partial charge in [-0.15, -0.1) is 0 Å². The maximum atomic E-state index is 12.4. The highest BCUT2D eigenvalue weighted by molar-refractivity contribution is 8.17. The molecule has 3 aromatic rings. The van der Waals surface area contributed by atoms with Crippen molar-refractivity contribution in [3.05, 3.63) is 108 Å². The number of hydrazone groups is 2. The van der Waals surface area contributed by atoms with Crippen molar-refractivity contribution in [1.82, 2.24) is 0 Å². The van der Waals surface area contributed by atoms with E-state index in [4.69, 9.17) is 10.2 Å². The van der Waals surface area contributed by atoms with Crippen LogP contribution in [-0.4, -0.2) is 21.5 Å². The molecule has 0 saturated heterocycles. The lowest BCUT2D eigenvalue weighted by molar-refractivity contribution is -0.110. The van der Waals surface area contributed by atoms with E-state index in [2.05, 4.69) is 56.3 Å². The van der Waals surface area contributed by atoms with Crippen molar-refractivity contribution in [2.75, 3.05) is 10.0 Å². The molecule has 5 rings (SSSR count). The van der Waals surface area contributed by atoms with Crippen LogP contribution >= 0.6 is 11.8 Å². The molecular weight excluding hydrogens is 440 g/mol. The van der Waals surface area contributed by atoms with Gasteiger partial charge < -0.3 is 0 Å². The number of benzene rings is 3. The van der Waals surface area contributed by atoms with E-state index in [1.54, 1.807) is 6.92 Å². The first kappa shape index (κ1) is 22.2. The highest BCUT2D eigenvalue weighted by Gasteiger charge is 2.50. The van der Waals surface area contributed by atoms with Gasteiger partial charge in [-0.1, -0.05) is 67.1 Å². The van der Waals surface area contributed by atoms with Crippen LogP contribution in [0.4, 0.5) is 11.4 Å². The Kier molecular flexibility index (Phi) is 5.84. The number of nitrogens with zero attached hydrogens (tertiary/aromatic N) is 4. The summed E-state index contributed by atoms with van der Waals surface area (Å²) in [4.78, 5) is 11.6. The van der Waals surface area contributed by atoms with E-state index >= 15 is 0 Å². The molecule has 0 amide bonds. The zero-order chi connectivity index (χ0) is 23.7. The normalized spacial score (nSPS) is 19.4. The van der Waals surface area contributed by atoms with Crippen LogP contribution in [0.2, 0.25) is 0 Å². The van der Waals surface area contributed by atoms with Gasteiger partial charge in [-0.2, -0.15) is 10.2 Å². The number of para-hydroxylation sites is 1. The molecule has 0 unspecified atom stereocenters. The Bertz CT molecular complexity index is 1300.